The van der Waals surface area contributed by atoms with Gasteiger partial charge in [0.25, 0.3) is 10.2 Å². The number of hydrogen-bond acceptors (Lipinski definition) is 11. The summed E-state index contributed by atoms with van der Waals surface area (Å²) in [5, 5.41) is 27.3. The monoisotopic (exact) mass is 420 g/mol. The average Bonchev–Trinajstić information content (AvgIpc) is 1.70. The van der Waals surface area contributed by atoms with E-state index in [1.807, 2.05) is 0 Å². The molecular weight excluding hydrogens is 418 g/mol. The van der Waals surface area contributed by atoms with Gasteiger partial charge < -0.3 is 10.4 Å². The summed E-state index contributed by atoms with van der Waals surface area (Å²) in [6.45, 7) is 0. The van der Waals surface area contributed by atoms with Crippen LogP contribution < -0.4 is 111 Å². The van der Waals surface area contributed by atoms with Gasteiger partial charge in [-0.15, -0.1) is 20.2 Å². The Morgan fingerprint density at radius 1 is 0.789 bits per heavy atom. The van der Waals surface area contributed by atoms with E-state index in [-0.39, 0.29) is 103 Å². The maximum absolute atomic E-state index is 9.38. The van der Waals surface area contributed by atoms with Gasteiger partial charge in [0.15, 0.2) is 0 Å². The average molecular weight is 420 g/mol. The molecular formula is H2Cr2K2N2O13. The predicted octanol–water partition coefficient (Wildman–Crippen LogP) is -9.61. The SMILES string of the molecule is O=[N+]([O-])O.O=[N+]([O-])O.[K+].[K+].[O]=[Cr](=[O])([O-])[O][Cr](=[O])(=[O])[O-]. The van der Waals surface area contributed by atoms with Crippen molar-refractivity contribution in [2.24, 2.45) is 0 Å². The van der Waals surface area contributed by atoms with Crippen LogP contribution in [0.1, 0.15) is 0 Å². The van der Waals surface area contributed by atoms with Crippen molar-refractivity contribution in [1.82, 2.24) is 0 Å². The van der Waals surface area contributed by atoms with Crippen molar-refractivity contribution in [3.05, 3.63) is 20.2 Å². The second-order valence-corrected chi connectivity index (χ2v) is 5.00. The van der Waals surface area contributed by atoms with Gasteiger partial charge in [0.2, 0.25) is 0 Å². The van der Waals surface area contributed by atoms with Crippen molar-refractivity contribution in [2.75, 3.05) is 0 Å². The molecule has 15 nitrogen and oxygen atoms in total. The van der Waals surface area contributed by atoms with E-state index < -0.39 is 37.4 Å². The molecule has 0 aromatic rings. The van der Waals surface area contributed by atoms with Gasteiger partial charge >= 0.3 is 156 Å². The minimum absolute atomic E-state index is 0. The van der Waals surface area contributed by atoms with Crippen LogP contribution in [0.25, 0.3) is 0 Å². The topological polar surface area (TPSA) is 250 Å². The maximum atomic E-state index is 9.38. The molecule has 0 atom stereocenters. The van der Waals surface area contributed by atoms with Gasteiger partial charge in [-0.2, -0.15) is 0 Å². The first kappa shape index (κ1) is 32.7. The van der Waals surface area contributed by atoms with E-state index >= 15 is 0 Å². The zero-order valence-corrected chi connectivity index (χ0v) is 17.9. The molecule has 0 saturated carbocycles. The third kappa shape index (κ3) is 103. The summed E-state index contributed by atoms with van der Waals surface area (Å²) in [4.78, 5) is 16.7. The summed E-state index contributed by atoms with van der Waals surface area (Å²) in [5.41, 5.74) is 0. The first-order valence-electron chi connectivity index (χ1n) is 2.46. The fraction of sp³-hybridized carbons (Fsp3) is 0. The summed E-state index contributed by atoms with van der Waals surface area (Å²) in [6.07, 6.45) is 0. The summed E-state index contributed by atoms with van der Waals surface area (Å²) in [6, 6.07) is 0. The molecule has 2 N–H and O–H groups in total. The third-order valence-electron chi connectivity index (χ3n) is 0.167. The molecule has 104 valence electrons. The van der Waals surface area contributed by atoms with Gasteiger partial charge in [0.1, 0.15) is 0 Å². The summed E-state index contributed by atoms with van der Waals surface area (Å²) in [5.74, 6) is 0. The zero-order valence-electron chi connectivity index (χ0n) is 9.10. The first-order chi connectivity index (χ1) is 7.17. The van der Waals surface area contributed by atoms with Crippen molar-refractivity contribution < 1.29 is 177 Å². The van der Waals surface area contributed by atoms with Crippen molar-refractivity contribution in [2.45, 2.75) is 0 Å². The van der Waals surface area contributed by atoms with Crippen molar-refractivity contribution in [3.8, 4) is 0 Å². The molecule has 0 radical (unpaired) electrons. The van der Waals surface area contributed by atoms with Crippen LogP contribution in [-0.4, -0.2) is 20.6 Å². The van der Waals surface area contributed by atoms with Crippen molar-refractivity contribution >= 4 is 0 Å². The number of nitrogens with zero attached hydrogens (tertiary/aromatic N) is 2. The van der Waals surface area contributed by atoms with E-state index in [2.05, 4.69) is 2.84 Å². The van der Waals surface area contributed by atoms with Gasteiger partial charge in [-0.1, -0.05) is 0 Å². The van der Waals surface area contributed by atoms with Gasteiger partial charge in [0.05, 0.1) is 0 Å². The second-order valence-electron chi connectivity index (χ2n) is 1.36. The Morgan fingerprint density at radius 3 is 0.895 bits per heavy atom. The Balaban J connectivity index is -0.0000000560. The van der Waals surface area contributed by atoms with E-state index in [0.717, 1.165) is 0 Å². The molecule has 0 aromatic carbocycles. The van der Waals surface area contributed by atoms with E-state index in [4.69, 9.17) is 30.6 Å². The van der Waals surface area contributed by atoms with Crippen LogP contribution in [0.3, 0.4) is 0 Å². The van der Waals surface area contributed by atoms with Crippen LogP contribution in [0, 0.1) is 20.2 Å². The Morgan fingerprint density at radius 2 is 0.895 bits per heavy atom. The van der Waals surface area contributed by atoms with Gasteiger partial charge in [-0.05, 0) is 0 Å². The first-order valence-corrected chi connectivity index (χ1v) is 6.63. The zero-order chi connectivity index (χ0) is 14.9. The van der Waals surface area contributed by atoms with Crippen LogP contribution in [0.5, 0.6) is 0 Å². The van der Waals surface area contributed by atoms with Crippen LogP contribution in [0.4, 0.5) is 0 Å². The van der Waals surface area contributed by atoms with Crippen LogP contribution in [-0.2, 0) is 45.3 Å². The summed E-state index contributed by atoms with van der Waals surface area (Å²) >= 11 is -12.1. The minimum atomic E-state index is -6.07. The number of rotatable bonds is 2. The van der Waals surface area contributed by atoms with Crippen molar-refractivity contribution in [1.29, 1.82) is 0 Å². The van der Waals surface area contributed by atoms with E-state index in [1.54, 1.807) is 0 Å². The molecule has 19 heteroatoms. The fourth-order valence-electron chi connectivity index (χ4n) is 0.102. The third-order valence-corrected chi connectivity index (χ3v) is 2.83. The van der Waals surface area contributed by atoms with Gasteiger partial charge in [-0.25, -0.2) is 0 Å². The van der Waals surface area contributed by atoms with Crippen LogP contribution in [0.15, 0.2) is 0 Å². The number of hydrogen-bond donors (Lipinski definition) is 2. The molecule has 0 aromatic heterocycles. The Hall–Kier alpha value is 1.82. The molecule has 0 aliphatic heterocycles. The second kappa shape index (κ2) is 16.2. The van der Waals surface area contributed by atoms with E-state index in [9.17, 15) is 23.5 Å². The Bertz CT molecular complexity index is 383. The van der Waals surface area contributed by atoms with Gasteiger partial charge in [0, 0.05) is 0 Å². The van der Waals surface area contributed by atoms with Crippen LogP contribution >= 0.6 is 0 Å². The molecule has 0 bridgehead atoms. The summed E-state index contributed by atoms with van der Waals surface area (Å²) in [7, 11) is 0. The molecule has 0 heterocycles. The molecule has 0 aliphatic rings. The standard InChI is InChI=1S/2Cr.2K.2HNO3.7O/c;;;;2*2-1(3)4;;;;;;;/h;;;;2*(H,2,3,4);;;;;;;/q;;2*+1;;;;;;;;2*-1. The molecule has 0 fully saturated rings. The normalized spacial score (nSPS) is 8.95. The van der Waals surface area contributed by atoms with Crippen LogP contribution in [0.2, 0.25) is 0 Å². The van der Waals surface area contributed by atoms with Gasteiger partial charge in [-0.3, -0.25) is 0 Å². The quantitative estimate of drug-likeness (QED) is 0.239. The molecule has 0 spiro atoms. The molecule has 0 amide bonds. The molecule has 0 rings (SSSR count). The van der Waals surface area contributed by atoms with Crippen molar-refractivity contribution in [3.63, 3.8) is 0 Å². The molecule has 0 unspecified atom stereocenters. The molecule has 0 aliphatic carbocycles. The van der Waals surface area contributed by atoms with E-state index in [0.29, 0.717) is 0 Å². The molecule has 0 saturated heterocycles. The summed E-state index contributed by atoms with van der Waals surface area (Å²) < 4.78 is 58.9. The Kier molecular flexibility index (Phi) is 27.8. The predicted molar refractivity (Wildman–Crippen MR) is 21.4 cm³/mol. The fourth-order valence-corrected chi connectivity index (χ4v) is 1.74. The Labute approximate surface area is 193 Å². The van der Waals surface area contributed by atoms with E-state index in [1.165, 1.54) is 0 Å². The molecule has 19 heavy (non-hydrogen) atoms.